The fourth-order valence-electron chi connectivity index (χ4n) is 0.911. The number of halogens is 3. The highest BCUT2D eigenvalue weighted by molar-refractivity contribution is 5.33. The van der Waals surface area contributed by atoms with Crippen molar-refractivity contribution in [2.75, 3.05) is 0 Å². The zero-order valence-corrected chi connectivity index (χ0v) is 6.84. The number of hydrogen-bond donors (Lipinski definition) is 1. The van der Waals surface area contributed by atoms with Gasteiger partial charge in [-0.1, -0.05) is 0 Å². The molecule has 0 spiro atoms. The van der Waals surface area contributed by atoms with Crippen LogP contribution >= 0.6 is 0 Å². The van der Waals surface area contributed by atoms with Gasteiger partial charge in [0.2, 0.25) is 0 Å². The van der Waals surface area contributed by atoms with Crippen LogP contribution in [0.25, 0.3) is 0 Å². The predicted octanol–water partition coefficient (Wildman–Crippen LogP) is 1.52. The third kappa shape index (κ3) is 1.83. The molecule has 0 unspecified atom stereocenters. The number of aliphatic hydroxyl groups excluding tert-OH is 1. The molecule has 0 aliphatic heterocycles. The molecule has 0 saturated carbocycles. The van der Waals surface area contributed by atoms with Crippen molar-refractivity contribution >= 4 is 0 Å². The van der Waals surface area contributed by atoms with E-state index in [1.54, 1.807) is 0 Å². The van der Waals surface area contributed by atoms with E-state index in [0.29, 0.717) is 6.07 Å². The van der Waals surface area contributed by atoms with Crippen LogP contribution < -0.4 is 0 Å². The number of rotatable bonds is 2. The van der Waals surface area contributed by atoms with Crippen molar-refractivity contribution in [2.45, 2.75) is 13.0 Å². The Bertz CT molecular complexity index is 387. The summed E-state index contributed by atoms with van der Waals surface area (Å²) < 4.78 is 37.1. The summed E-state index contributed by atoms with van der Waals surface area (Å²) in [6, 6.07) is 2.19. The van der Waals surface area contributed by atoms with Crippen LogP contribution in [0.5, 0.6) is 0 Å². The molecule has 14 heavy (non-hydrogen) atoms. The first-order chi connectivity index (χ1) is 6.60. The maximum absolute atomic E-state index is 12.8. The fourth-order valence-corrected chi connectivity index (χ4v) is 0.911. The van der Waals surface area contributed by atoms with E-state index in [1.165, 1.54) is 6.07 Å². The van der Waals surface area contributed by atoms with Crippen LogP contribution in [-0.2, 0) is 6.61 Å². The molecular formula is C8H5F3N2O. The molecule has 0 amide bonds. The molecule has 0 atom stereocenters. The topological polar surface area (TPSA) is 56.9 Å². The summed E-state index contributed by atoms with van der Waals surface area (Å²) in [7, 11) is 0. The van der Waals surface area contributed by atoms with Gasteiger partial charge in [-0.05, 0) is 6.07 Å². The van der Waals surface area contributed by atoms with Crippen LogP contribution in [0.2, 0.25) is 0 Å². The summed E-state index contributed by atoms with van der Waals surface area (Å²) in [4.78, 5) is 3.11. The van der Waals surface area contributed by atoms with E-state index in [4.69, 9.17) is 10.4 Å². The molecule has 0 radical (unpaired) electrons. The van der Waals surface area contributed by atoms with E-state index >= 15 is 0 Å². The molecule has 1 aromatic rings. The van der Waals surface area contributed by atoms with Crippen LogP contribution in [0.3, 0.4) is 0 Å². The molecule has 0 aliphatic carbocycles. The molecule has 3 nitrogen and oxygen atoms in total. The Morgan fingerprint density at radius 2 is 2.21 bits per heavy atom. The van der Waals surface area contributed by atoms with Crippen molar-refractivity contribution < 1.29 is 18.3 Å². The summed E-state index contributed by atoms with van der Waals surface area (Å²) in [5.74, 6) is -1.22. The minimum atomic E-state index is -3.07. The molecule has 0 aromatic carbocycles. The Balaban J connectivity index is 3.32. The molecule has 1 heterocycles. The van der Waals surface area contributed by atoms with E-state index in [1.807, 2.05) is 0 Å². The van der Waals surface area contributed by atoms with Gasteiger partial charge >= 0.3 is 0 Å². The minimum absolute atomic E-state index is 0.102. The maximum atomic E-state index is 12.8. The highest BCUT2D eigenvalue weighted by atomic mass is 19.3. The van der Waals surface area contributed by atoms with Crippen molar-refractivity contribution in [3.8, 4) is 6.07 Å². The van der Waals surface area contributed by atoms with Gasteiger partial charge in [0, 0.05) is 5.56 Å². The molecule has 0 saturated heterocycles. The van der Waals surface area contributed by atoms with Crippen LogP contribution in [0.4, 0.5) is 13.2 Å². The van der Waals surface area contributed by atoms with Crippen LogP contribution in [0.15, 0.2) is 6.07 Å². The summed E-state index contributed by atoms with van der Waals surface area (Å²) in [5.41, 5.74) is -1.56. The van der Waals surface area contributed by atoms with Crippen molar-refractivity contribution in [1.29, 1.82) is 5.26 Å². The van der Waals surface area contributed by atoms with Crippen LogP contribution in [0, 0.1) is 17.1 Å². The Labute approximate surface area is 77.4 Å². The lowest BCUT2D eigenvalue weighted by Gasteiger charge is -2.04. The second-order valence-corrected chi connectivity index (χ2v) is 2.43. The second-order valence-electron chi connectivity index (χ2n) is 2.43. The number of hydrogen-bond acceptors (Lipinski definition) is 3. The second kappa shape index (κ2) is 4.07. The molecule has 0 fully saturated rings. The van der Waals surface area contributed by atoms with Crippen LogP contribution in [-0.4, -0.2) is 10.1 Å². The largest absolute Gasteiger partial charge is 0.392 e. The predicted molar refractivity (Wildman–Crippen MR) is 39.8 cm³/mol. The first-order valence-corrected chi connectivity index (χ1v) is 3.58. The number of aromatic nitrogens is 1. The van der Waals surface area contributed by atoms with E-state index in [-0.39, 0.29) is 11.3 Å². The summed E-state index contributed by atoms with van der Waals surface area (Å²) >= 11 is 0. The Morgan fingerprint density at radius 3 is 2.64 bits per heavy atom. The summed E-state index contributed by atoms with van der Waals surface area (Å²) in [5, 5.41) is 17.1. The minimum Gasteiger partial charge on any atom is -0.392 e. The lowest BCUT2D eigenvalue weighted by Crippen LogP contribution is -2.02. The zero-order valence-electron chi connectivity index (χ0n) is 6.84. The molecule has 0 aliphatic rings. The highest BCUT2D eigenvalue weighted by Gasteiger charge is 2.18. The van der Waals surface area contributed by atoms with Gasteiger partial charge in [0.1, 0.15) is 17.5 Å². The number of nitriles is 1. The monoisotopic (exact) mass is 202 g/mol. The van der Waals surface area contributed by atoms with E-state index < -0.39 is 24.5 Å². The van der Waals surface area contributed by atoms with Crippen molar-refractivity contribution in [3.63, 3.8) is 0 Å². The van der Waals surface area contributed by atoms with Gasteiger partial charge in [-0.2, -0.15) is 5.26 Å². The van der Waals surface area contributed by atoms with Gasteiger partial charge in [0.15, 0.2) is 5.82 Å². The number of alkyl halides is 2. The number of pyridine rings is 1. The van der Waals surface area contributed by atoms with Gasteiger partial charge < -0.3 is 5.11 Å². The Kier molecular flexibility index (Phi) is 3.04. The summed E-state index contributed by atoms with van der Waals surface area (Å²) in [6.07, 6.45) is -3.07. The van der Waals surface area contributed by atoms with Gasteiger partial charge in [-0.25, -0.2) is 18.2 Å². The third-order valence-electron chi connectivity index (χ3n) is 1.57. The SMILES string of the molecule is N#Cc1nc(C(F)F)c(F)cc1CO. The zero-order chi connectivity index (χ0) is 10.7. The number of aliphatic hydroxyl groups is 1. The third-order valence-corrected chi connectivity index (χ3v) is 1.57. The fraction of sp³-hybridized carbons (Fsp3) is 0.250. The quantitative estimate of drug-likeness (QED) is 0.790. The molecule has 1 N–H and O–H groups in total. The molecular weight excluding hydrogens is 197 g/mol. The Hall–Kier alpha value is -1.61. The van der Waals surface area contributed by atoms with Gasteiger partial charge in [-0.15, -0.1) is 0 Å². The highest BCUT2D eigenvalue weighted by Crippen LogP contribution is 2.21. The summed E-state index contributed by atoms with van der Waals surface area (Å²) in [6.45, 7) is -0.615. The molecule has 6 heteroatoms. The van der Waals surface area contributed by atoms with Gasteiger partial charge in [0.05, 0.1) is 6.61 Å². The Morgan fingerprint density at radius 1 is 1.57 bits per heavy atom. The first-order valence-electron chi connectivity index (χ1n) is 3.58. The lowest BCUT2D eigenvalue weighted by atomic mass is 10.2. The standard InChI is InChI=1S/C8H5F3N2O/c9-5-1-4(3-14)6(2-12)13-7(5)8(10)11/h1,8,14H,3H2. The van der Waals surface area contributed by atoms with Crippen molar-refractivity contribution in [2.24, 2.45) is 0 Å². The lowest BCUT2D eigenvalue weighted by molar-refractivity contribution is 0.140. The molecule has 1 aromatic heterocycles. The first kappa shape index (κ1) is 10.5. The van der Waals surface area contributed by atoms with Crippen molar-refractivity contribution in [3.05, 3.63) is 28.8 Å². The number of nitrogens with zero attached hydrogens (tertiary/aromatic N) is 2. The van der Waals surface area contributed by atoms with E-state index in [9.17, 15) is 13.2 Å². The van der Waals surface area contributed by atoms with Crippen LogP contribution in [0.1, 0.15) is 23.4 Å². The maximum Gasteiger partial charge on any atom is 0.283 e. The average molecular weight is 202 g/mol. The molecule has 0 bridgehead atoms. The average Bonchev–Trinajstić information content (AvgIpc) is 2.16. The van der Waals surface area contributed by atoms with E-state index in [0.717, 1.165) is 0 Å². The molecule has 74 valence electrons. The normalized spacial score (nSPS) is 10.3. The van der Waals surface area contributed by atoms with Gasteiger partial charge in [0.25, 0.3) is 6.43 Å². The van der Waals surface area contributed by atoms with Crippen molar-refractivity contribution in [1.82, 2.24) is 4.98 Å². The van der Waals surface area contributed by atoms with Gasteiger partial charge in [-0.3, -0.25) is 0 Å². The van der Waals surface area contributed by atoms with E-state index in [2.05, 4.69) is 4.98 Å². The molecule has 1 rings (SSSR count). The smallest absolute Gasteiger partial charge is 0.283 e.